The Morgan fingerprint density at radius 1 is 0.831 bits per heavy atom. The maximum Gasteiger partial charge on any atom is 0.418 e. The van der Waals surface area contributed by atoms with Crippen molar-refractivity contribution in [2.45, 2.75) is 29.1 Å². The van der Waals surface area contributed by atoms with Gasteiger partial charge in [-0.15, -0.1) is 22.0 Å². The van der Waals surface area contributed by atoms with Crippen molar-refractivity contribution in [3.05, 3.63) is 120 Å². The fourth-order valence-corrected chi connectivity index (χ4v) is 7.80. The zero-order chi connectivity index (χ0) is 42.4. The number of ether oxygens (including phenoxy) is 1. The van der Waals surface area contributed by atoms with Gasteiger partial charge in [0.2, 0.25) is 0 Å². The van der Waals surface area contributed by atoms with Crippen LogP contribution in [0.2, 0.25) is 0 Å². The van der Waals surface area contributed by atoms with E-state index in [-0.39, 0.29) is 55.4 Å². The first-order valence-electron chi connectivity index (χ1n) is 17.9. The van der Waals surface area contributed by atoms with E-state index in [0.717, 1.165) is 29.2 Å². The average molecular weight is 860 g/mol. The lowest BCUT2D eigenvalue weighted by Crippen LogP contribution is -2.49. The number of sulfonamides is 1. The molecule has 59 heavy (non-hydrogen) atoms. The van der Waals surface area contributed by atoms with Crippen molar-refractivity contribution < 1.29 is 49.1 Å². The number of halogens is 6. The number of nitrogens with zero attached hydrogens (tertiary/aromatic N) is 5. The number of aromatic nitrogens is 3. The highest BCUT2D eigenvalue weighted by molar-refractivity contribution is 7.99. The molecule has 1 fully saturated rings. The predicted octanol–water partition coefficient (Wildman–Crippen LogP) is 7.26. The molecular weight excluding hydrogens is 825 g/mol. The maximum atomic E-state index is 14.0. The topological polar surface area (TPSA) is 147 Å². The van der Waals surface area contributed by atoms with E-state index in [0.29, 0.717) is 29.7 Å². The van der Waals surface area contributed by atoms with Crippen LogP contribution in [0.1, 0.15) is 38.9 Å². The van der Waals surface area contributed by atoms with Crippen LogP contribution in [0.15, 0.2) is 107 Å². The largest absolute Gasteiger partial charge is 0.492 e. The molecule has 0 atom stereocenters. The normalized spacial score (nSPS) is 13.5. The molecule has 20 heteroatoms. The maximum absolute atomic E-state index is 14.0. The molecule has 5 aromatic rings. The van der Waals surface area contributed by atoms with Gasteiger partial charge in [0.15, 0.2) is 11.5 Å². The van der Waals surface area contributed by atoms with Crippen molar-refractivity contribution in [3.63, 3.8) is 0 Å². The molecule has 2 N–H and O–H groups in total. The molecule has 1 saturated heterocycles. The fraction of sp³-hybridized carbons (Fsp3) is 0.256. The second-order valence-electron chi connectivity index (χ2n) is 12.9. The lowest BCUT2D eigenvalue weighted by atomic mass is 9.99. The molecule has 1 aliphatic rings. The lowest BCUT2D eigenvalue weighted by Gasteiger charge is -2.35. The highest BCUT2D eigenvalue weighted by atomic mass is 32.2. The number of pyridine rings is 1. The number of carbonyl (C=O) groups excluding carboxylic acids is 2. The Morgan fingerprint density at radius 3 is 2.24 bits per heavy atom. The Morgan fingerprint density at radius 2 is 1.58 bits per heavy atom. The van der Waals surface area contributed by atoms with Crippen molar-refractivity contribution in [3.8, 4) is 16.9 Å². The number of hydrogen-bond acceptors (Lipinski definition) is 11. The van der Waals surface area contributed by atoms with Crippen LogP contribution in [-0.2, 0) is 22.4 Å². The second-order valence-corrected chi connectivity index (χ2v) is 15.8. The standard InChI is InChI=1S/C39H35F6N7O5S2/c1-2-57-29-21-27(23-46-24-29)25-18-26(20-28(19-25)38(40,41)42)37(54)52-15-13-51(14-16-52)35-11-10-34(48-49-35)36(53)50-59(55,56)31-8-9-33(32(22-31)39(43,44)45)47-12-17-58-30-6-4-3-5-7-30/h3-11,18-24,47H,2,12-17H2,1H3,(H,50,53). The molecule has 3 aromatic carbocycles. The van der Waals surface area contributed by atoms with Gasteiger partial charge < -0.3 is 19.9 Å². The molecule has 0 saturated carbocycles. The lowest BCUT2D eigenvalue weighted by molar-refractivity contribution is -0.138. The highest BCUT2D eigenvalue weighted by Crippen LogP contribution is 2.37. The second kappa shape index (κ2) is 17.9. The molecule has 12 nitrogen and oxygen atoms in total. The third kappa shape index (κ3) is 10.8. The van der Waals surface area contributed by atoms with Gasteiger partial charge in [-0.05, 0) is 79.2 Å². The van der Waals surface area contributed by atoms with Crippen molar-refractivity contribution in [1.82, 2.24) is 24.8 Å². The SMILES string of the molecule is CCOc1cncc(-c2cc(C(=O)N3CCN(c4ccc(C(=O)NS(=O)(=O)c5ccc(NCCSc6ccccc6)c(C(F)(F)F)c5)nn4)CC3)cc(C(F)(F)F)c2)c1. The van der Waals surface area contributed by atoms with Gasteiger partial charge >= 0.3 is 12.4 Å². The minimum atomic E-state index is -4.92. The number of carbonyl (C=O) groups is 2. The quantitative estimate of drug-likeness (QED) is 0.0701. The zero-order valence-electron chi connectivity index (χ0n) is 31.0. The van der Waals surface area contributed by atoms with E-state index >= 15 is 0 Å². The summed E-state index contributed by atoms with van der Waals surface area (Å²) in [6.07, 6.45) is -6.85. The number of amides is 2. The molecule has 0 bridgehead atoms. The van der Waals surface area contributed by atoms with Crippen LogP contribution < -0.4 is 19.7 Å². The van der Waals surface area contributed by atoms with Crippen LogP contribution in [0.25, 0.3) is 11.1 Å². The molecule has 2 amide bonds. The van der Waals surface area contributed by atoms with Gasteiger partial charge in [-0.3, -0.25) is 14.6 Å². The molecule has 1 aliphatic heterocycles. The Labute approximate surface area is 339 Å². The molecule has 6 rings (SSSR count). The van der Waals surface area contributed by atoms with Crippen LogP contribution in [0.3, 0.4) is 0 Å². The summed E-state index contributed by atoms with van der Waals surface area (Å²) >= 11 is 1.43. The summed E-state index contributed by atoms with van der Waals surface area (Å²) in [5, 5.41) is 10.5. The smallest absolute Gasteiger partial charge is 0.418 e. The number of thioether (sulfide) groups is 1. The summed E-state index contributed by atoms with van der Waals surface area (Å²) in [6.45, 7) is 2.78. The summed E-state index contributed by atoms with van der Waals surface area (Å²) in [6, 6.07) is 18.8. The van der Waals surface area contributed by atoms with Gasteiger partial charge in [-0.2, -0.15) is 26.3 Å². The summed E-state index contributed by atoms with van der Waals surface area (Å²) in [5.41, 5.74) is -2.73. The first-order valence-corrected chi connectivity index (χ1v) is 20.4. The molecule has 0 unspecified atom stereocenters. The Balaban J connectivity index is 1.07. The third-order valence-corrected chi connectivity index (χ3v) is 11.2. The molecule has 310 valence electrons. The fourth-order valence-electron chi connectivity index (χ4n) is 6.02. The van der Waals surface area contributed by atoms with E-state index < -0.39 is 55.9 Å². The Bertz CT molecular complexity index is 2400. The van der Waals surface area contributed by atoms with Crippen molar-refractivity contribution >= 4 is 45.1 Å². The number of benzene rings is 3. The minimum Gasteiger partial charge on any atom is -0.492 e. The van der Waals surface area contributed by atoms with Gasteiger partial charge in [-0.25, -0.2) is 13.1 Å². The molecular formula is C39H35F6N7O5S2. The minimum absolute atomic E-state index is 0.0921. The number of anilines is 2. The summed E-state index contributed by atoms with van der Waals surface area (Å²) in [7, 11) is -4.79. The molecule has 0 aliphatic carbocycles. The van der Waals surface area contributed by atoms with Crippen LogP contribution >= 0.6 is 11.8 Å². The molecule has 2 aromatic heterocycles. The Kier molecular flexibility index (Phi) is 13.0. The summed E-state index contributed by atoms with van der Waals surface area (Å²) in [5.74, 6) is -0.831. The van der Waals surface area contributed by atoms with Gasteiger partial charge in [0.25, 0.3) is 21.8 Å². The van der Waals surface area contributed by atoms with Gasteiger partial charge in [0, 0.05) is 66.4 Å². The van der Waals surface area contributed by atoms with Crippen molar-refractivity contribution in [2.24, 2.45) is 0 Å². The Hall–Kier alpha value is -5.89. The van der Waals surface area contributed by atoms with Crippen molar-refractivity contribution in [2.75, 3.05) is 55.3 Å². The number of piperazine rings is 1. The van der Waals surface area contributed by atoms with Crippen LogP contribution in [-0.4, -0.2) is 85.4 Å². The first-order chi connectivity index (χ1) is 28.0. The van der Waals surface area contributed by atoms with E-state index in [1.165, 1.54) is 53.3 Å². The molecule has 0 spiro atoms. The third-order valence-electron chi connectivity index (χ3n) is 8.90. The first kappa shape index (κ1) is 42.7. The van der Waals surface area contributed by atoms with Gasteiger partial charge in [0.1, 0.15) is 5.75 Å². The summed E-state index contributed by atoms with van der Waals surface area (Å²) < 4.78 is 117. The van der Waals surface area contributed by atoms with E-state index in [2.05, 4.69) is 20.5 Å². The van der Waals surface area contributed by atoms with Gasteiger partial charge in [0.05, 0.1) is 28.8 Å². The van der Waals surface area contributed by atoms with Gasteiger partial charge in [-0.1, -0.05) is 18.2 Å². The van der Waals surface area contributed by atoms with Crippen LogP contribution in [0.5, 0.6) is 5.75 Å². The number of hydrogen-bond donors (Lipinski definition) is 2. The average Bonchev–Trinajstić information content (AvgIpc) is 3.22. The zero-order valence-corrected chi connectivity index (χ0v) is 32.7. The number of nitrogens with one attached hydrogen (secondary N) is 2. The van der Waals surface area contributed by atoms with Crippen molar-refractivity contribution in [1.29, 1.82) is 0 Å². The summed E-state index contributed by atoms with van der Waals surface area (Å²) in [4.78, 5) is 33.7. The van der Waals surface area contributed by atoms with Crippen LogP contribution in [0.4, 0.5) is 37.8 Å². The van der Waals surface area contributed by atoms with E-state index in [1.54, 1.807) is 16.5 Å². The van der Waals surface area contributed by atoms with E-state index in [9.17, 15) is 44.3 Å². The number of alkyl halides is 6. The van der Waals surface area contributed by atoms with Crippen LogP contribution in [0, 0.1) is 0 Å². The van der Waals surface area contributed by atoms with E-state index in [1.807, 2.05) is 30.3 Å². The molecule has 0 radical (unpaired) electrons. The monoisotopic (exact) mass is 859 g/mol. The predicted molar refractivity (Wildman–Crippen MR) is 208 cm³/mol. The highest BCUT2D eigenvalue weighted by Gasteiger charge is 2.36. The van der Waals surface area contributed by atoms with E-state index in [4.69, 9.17) is 4.74 Å². The number of rotatable bonds is 13. The molecule has 3 heterocycles.